The second kappa shape index (κ2) is 7.88. The first-order chi connectivity index (χ1) is 12.5. The maximum Gasteiger partial charge on any atom is 0.273 e. The van der Waals surface area contributed by atoms with Crippen LogP contribution in [0.4, 0.5) is 4.39 Å². The molecule has 26 heavy (non-hydrogen) atoms. The molecule has 1 aliphatic carbocycles. The number of aryl methyl sites for hydroxylation is 1. The van der Waals surface area contributed by atoms with E-state index in [2.05, 4.69) is 19.4 Å². The molecule has 1 aromatic carbocycles. The van der Waals surface area contributed by atoms with Crippen molar-refractivity contribution >= 4 is 23.5 Å². The number of nitrogens with zero attached hydrogens (tertiary/aromatic N) is 2. The molecule has 0 unspecified atom stereocenters. The highest BCUT2D eigenvalue weighted by molar-refractivity contribution is 6.99. The van der Waals surface area contributed by atoms with E-state index in [0.717, 1.165) is 11.7 Å². The molecule has 3 atom stereocenters. The number of carbonyl (C=O) groups is 2. The quantitative estimate of drug-likeness (QED) is 0.725. The van der Waals surface area contributed by atoms with Gasteiger partial charge in [-0.05, 0) is 25.8 Å². The minimum absolute atomic E-state index is 0.0822. The van der Waals surface area contributed by atoms with Crippen molar-refractivity contribution in [2.45, 2.75) is 38.5 Å². The predicted octanol–water partition coefficient (Wildman–Crippen LogP) is 1.17. The van der Waals surface area contributed by atoms with Gasteiger partial charge in [-0.25, -0.2) is 4.39 Å². The lowest BCUT2D eigenvalue weighted by atomic mass is 10.1. The van der Waals surface area contributed by atoms with Gasteiger partial charge in [-0.15, -0.1) is 0 Å². The number of hydrogen-bond donors (Lipinski definition) is 3. The number of aromatic nitrogens is 2. The molecular weight excluding hydrogens is 359 g/mol. The third kappa shape index (κ3) is 4.05. The fraction of sp³-hybridized carbons (Fsp3) is 0.412. The molecule has 1 aliphatic rings. The van der Waals surface area contributed by atoms with Crippen molar-refractivity contribution < 1.29 is 19.1 Å². The average Bonchev–Trinajstić information content (AvgIpc) is 3.20. The number of aliphatic hydroxyl groups excluding tert-OH is 1. The largest absolute Gasteiger partial charge is 0.391 e. The van der Waals surface area contributed by atoms with E-state index in [-0.39, 0.29) is 30.4 Å². The number of rotatable bonds is 5. The van der Waals surface area contributed by atoms with Gasteiger partial charge in [-0.3, -0.25) is 9.59 Å². The maximum atomic E-state index is 13.6. The van der Waals surface area contributed by atoms with Crippen molar-refractivity contribution in [1.82, 2.24) is 19.4 Å². The number of carbonyl (C=O) groups excluding carboxylic acids is 2. The summed E-state index contributed by atoms with van der Waals surface area (Å²) >= 11 is 0.946. The maximum absolute atomic E-state index is 13.6. The van der Waals surface area contributed by atoms with Crippen LogP contribution in [0.15, 0.2) is 24.3 Å². The number of halogens is 1. The zero-order valence-electron chi connectivity index (χ0n) is 14.1. The van der Waals surface area contributed by atoms with E-state index in [9.17, 15) is 19.1 Å². The van der Waals surface area contributed by atoms with E-state index in [0.29, 0.717) is 17.7 Å². The molecule has 0 spiro atoms. The van der Waals surface area contributed by atoms with Gasteiger partial charge >= 0.3 is 0 Å². The Labute approximate surface area is 154 Å². The second-order valence-electron chi connectivity index (χ2n) is 6.32. The molecule has 7 nitrogen and oxygen atoms in total. The van der Waals surface area contributed by atoms with Gasteiger partial charge in [0.25, 0.3) is 5.91 Å². The van der Waals surface area contributed by atoms with Crippen LogP contribution in [-0.2, 0) is 11.3 Å². The van der Waals surface area contributed by atoms with Crippen molar-refractivity contribution in [2.24, 2.45) is 5.92 Å². The molecule has 0 aliphatic heterocycles. The molecule has 9 heteroatoms. The highest BCUT2D eigenvalue weighted by Crippen LogP contribution is 2.27. The van der Waals surface area contributed by atoms with E-state index in [4.69, 9.17) is 0 Å². The van der Waals surface area contributed by atoms with Crippen LogP contribution in [0.1, 0.15) is 34.6 Å². The fourth-order valence-electron chi connectivity index (χ4n) is 3.03. The van der Waals surface area contributed by atoms with Gasteiger partial charge in [0.1, 0.15) is 5.82 Å². The molecular formula is C17H19FN4O3S. The Morgan fingerprint density at radius 3 is 2.77 bits per heavy atom. The summed E-state index contributed by atoms with van der Waals surface area (Å²) in [6, 6.07) is 5.69. The molecule has 0 bridgehead atoms. The van der Waals surface area contributed by atoms with Crippen molar-refractivity contribution in [2.75, 3.05) is 0 Å². The first-order valence-corrected chi connectivity index (χ1v) is 8.98. The Balaban J connectivity index is 1.54. The van der Waals surface area contributed by atoms with Gasteiger partial charge in [0.2, 0.25) is 5.91 Å². The van der Waals surface area contributed by atoms with Crippen LogP contribution < -0.4 is 10.6 Å². The lowest BCUT2D eigenvalue weighted by molar-refractivity contribution is -0.125. The number of benzene rings is 1. The van der Waals surface area contributed by atoms with Gasteiger partial charge in [0.05, 0.1) is 29.6 Å². The monoisotopic (exact) mass is 378 g/mol. The highest BCUT2D eigenvalue weighted by atomic mass is 32.1. The van der Waals surface area contributed by atoms with Gasteiger partial charge in [-0.1, -0.05) is 18.2 Å². The van der Waals surface area contributed by atoms with Gasteiger partial charge in [-0.2, -0.15) is 8.75 Å². The number of aliphatic hydroxyl groups is 1. The minimum Gasteiger partial charge on any atom is -0.391 e. The van der Waals surface area contributed by atoms with Crippen molar-refractivity contribution in [3.63, 3.8) is 0 Å². The first kappa shape index (κ1) is 18.4. The molecule has 2 aromatic rings. The predicted molar refractivity (Wildman–Crippen MR) is 92.9 cm³/mol. The summed E-state index contributed by atoms with van der Waals surface area (Å²) in [7, 11) is 0. The van der Waals surface area contributed by atoms with Crippen LogP contribution in [0, 0.1) is 18.7 Å². The standard InChI is InChI=1S/C17H19FN4O3S/c1-9-15(22-26-21-9)17(25)20-13-6-11(7-14(13)23)16(24)19-8-10-4-2-3-5-12(10)18/h2-5,11,13-14,23H,6-8H2,1H3,(H,19,24)(H,20,25)/t11-,13+,14+/m0/s1. The van der Waals surface area contributed by atoms with E-state index in [1.165, 1.54) is 6.07 Å². The van der Waals surface area contributed by atoms with Crippen LogP contribution in [0.2, 0.25) is 0 Å². The summed E-state index contributed by atoms with van der Waals surface area (Å²) in [4.78, 5) is 24.5. The first-order valence-electron chi connectivity index (χ1n) is 8.25. The summed E-state index contributed by atoms with van der Waals surface area (Å²) in [5, 5.41) is 15.6. The summed E-state index contributed by atoms with van der Waals surface area (Å²) in [6.07, 6.45) is -0.273. The smallest absolute Gasteiger partial charge is 0.273 e. The topological polar surface area (TPSA) is 104 Å². The van der Waals surface area contributed by atoms with Crippen molar-refractivity contribution in [1.29, 1.82) is 0 Å². The van der Waals surface area contributed by atoms with Crippen LogP contribution in [0.5, 0.6) is 0 Å². The molecule has 1 fully saturated rings. The van der Waals surface area contributed by atoms with Crippen LogP contribution in [0.3, 0.4) is 0 Å². The third-order valence-electron chi connectivity index (χ3n) is 4.49. The van der Waals surface area contributed by atoms with E-state index < -0.39 is 24.0 Å². The van der Waals surface area contributed by atoms with Crippen molar-refractivity contribution in [3.05, 3.63) is 47.0 Å². The Kier molecular flexibility index (Phi) is 5.58. The summed E-state index contributed by atoms with van der Waals surface area (Å²) in [6.45, 7) is 1.77. The lowest BCUT2D eigenvalue weighted by Crippen LogP contribution is -2.40. The molecule has 2 amide bonds. The summed E-state index contributed by atoms with van der Waals surface area (Å²) < 4.78 is 21.5. The number of amides is 2. The van der Waals surface area contributed by atoms with Gasteiger partial charge < -0.3 is 15.7 Å². The zero-order valence-corrected chi connectivity index (χ0v) is 14.9. The van der Waals surface area contributed by atoms with Gasteiger partial charge in [0.15, 0.2) is 5.69 Å². The molecule has 1 heterocycles. The zero-order chi connectivity index (χ0) is 18.7. The normalized spacial score (nSPS) is 22.2. The van der Waals surface area contributed by atoms with Gasteiger partial charge in [0, 0.05) is 18.0 Å². The fourth-order valence-corrected chi connectivity index (χ4v) is 3.57. The van der Waals surface area contributed by atoms with Crippen LogP contribution in [-0.4, -0.2) is 37.8 Å². The minimum atomic E-state index is -0.824. The molecule has 1 aromatic heterocycles. The van der Waals surface area contributed by atoms with E-state index >= 15 is 0 Å². The number of nitrogens with one attached hydrogen (secondary N) is 2. The van der Waals surface area contributed by atoms with E-state index in [1.807, 2.05) is 0 Å². The molecule has 0 radical (unpaired) electrons. The molecule has 138 valence electrons. The Morgan fingerprint density at radius 1 is 1.31 bits per heavy atom. The summed E-state index contributed by atoms with van der Waals surface area (Å²) in [5.74, 6) is -1.50. The van der Waals surface area contributed by atoms with Crippen LogP contribution >= 0.6 is 11.7 Å². The third-order valence-corrected chi connectivity index (χ3v) is 5.11. The second-order valence-corrected chi connectivity index (χ2v) is 6.85. The van der Waals surface area contributed by atoms with Crippen molar-refractivity contribution in [3.8, 4) is 0 Å². The van der Waals surface area contributed by atoms with E-state index in [1.54, 1.807) is 25.1 Å². The number of hydrogen-bond acceptors (Lipinski definition) is 6. The molecule has 3 N–H and O–H groups in total. The Bertz CT molecular complexity index is 813. The molecule has 1 saturated carbocycles. The Morgan fingerprint density at radius 2 is 2.08 bits per heavy atom. The molecule has 0 saturated heterocycles. The SMILES string of the molecule is Cc1nsnc1C(=O)N[C@@H]1C[C@H](C(=O)NCc2ccccc2F)C[C@H]1O. The highest BCUT2D eigenvalue weighted by Gasteiger charge is 2.38. The Hall–Kier alpha value is -2.39. The summed E-state index contributed by atoms with van der Waals surface area (Å²) in [5.41, 5.74) is 1.16. The van der Waals surface area contributed by atoms with Crippen LogP contribution in [0.25, 0.3) is 0 Å². The molecule has 3 rings (SSSR count). The lowest BCUT2D eigenvalue weighted by Gasteiger charge is -2.15. The average molecular weight is 378 g/mol.